The van der Waals surface area contributed by atoms with E-state index in [1.807, 2.05) is 24.4 Å². The number of carbonyl (C=O) groups is 1. The largest absolute Gasteiger partial charge is 0.478 e. The molecule has 1 N–H and O–H groups in total. The molecule has 0 spiro atoms. The first kappa shape index (κ1) is 14.5. The third-order valence-corrected chi connectivity index (χ3v) is 4.07. The summed E-state index contributed by atoms with van der Waals surface area (Å²) in [5.41, 5.74) is -0.356. The minimum absolute atomic E-state index is 0.0136. The number of likely N-dealkylation sites (N-methyl/N-ethyl adjacent to an activating group) is 1. The van der Waals surface area contributed by atoms with Gasteiger partial charge in [-0.2, -0.15) is 0 Å². The monoisotopic (exact) mass is 294 g/mol. The molecule has 0 aromatic carbocycles. The highest BCUT2D eigenvalue weighted by Crippen LogP contribution is 2.22. The fraction of sp³-hybridized carbons (Fsp3) is 0.286. The van der Waals surface area contributed by atoms with E-state index in [0.29, 0.717) is 0 Å². The summed E-state index contributed by atoms with van der Waals surface area (Å²) in [6, 6.07) is 5.17. The molecule has 0 bridgehead atoms. The number of halogens is 1. The van der Waals surface area contributed by atoms with Gasteiger partial charge in [0.25, 0.3) is 0 Å². The van der Waals surface area contributed by atoms with Gasteiger partial charge in [0, 0.05) is 30.6 Å². The Bertz CT molecular complexity index is 601. The lowest BCUT2D eigenvalue weighted by Crippen LogP contribution is -2.32. The van der Waals surface area contributed by atoms with Crippen LogP contribution in [0.3, 0.4) is 0 Å². The van der Waals surface area contributed by atoms with Gasteiger partial charge in [0.15, 0.2) is 11.6 Å². The van der Waals surface area contributed by atoms with E-state index < -0.39 is 11.8 Å². The number of pyridine rings is 1. The third kappa shape index (κ3) is 2.96. The van der Waals surface area contributed by atoms with Gasteiger partial charge in [-0.1, -0.05) is 6.07 Å². The quantitative estimate of drug-likeness (QED) is 0.921. The van der Waals surface area contributed by atoms with Gasteiger partial charge < -0.3 is 10.0 Å². The average molecular weight is 294 g/mol. The lowest BCUT2D eigenvalue weighted by Gasteiger charge is -2.26. The number of anilines is 1. The molecule has 0 aliphatic rings. The average Bonchev–Trinajstić information content (AvgIpc) is 2.90. The van der Waals surface area contributed by atoms with E-state index in [1.165, 1.54) is 17.1 Å². The van der Waals surface area contributed by atoms with E-state index in [0.717, 1.165) is 6.42 Å². The molecule has 2 rings (SSSR count). The summed E-state index contributed by atoms with van der Waals surface area (Å²) in [6.45, 7) is 1.95. The second-order valence-corrected chi connectivity index (χ2v) is 5.58. The number of carboxylic acids is 1. The van der Waals surface area contributed by atoms with E-state index in [2.05, 4.69) is 4.98 Å². The first-order valence-corrected chi connectivity index (χ1v) is 7.01. The maximum atomic E-state index is 14.1. The summed E-state index contributed by atoms with van der Waals surface area (Å²) in [5, 5.41) is 10.9. The maximum absolute atomic E-state index is 14.1. The van der Waals surface area contributed by atoms with Gasteiger partial charge in [-0.15, -0.1) is 11.3 Å². The molecule has 0 saturated heterocycles. The molecular formula is C14H15FN2O2S. The van der Waals surface area contributed by atoms with Gasteiger partial charge in [0.05, 0.1) is 0 Å². The molecule has 0 saturated carbocycles. The number of nitrogens with zero attached hydrogens (tertiary/aromatic N) is 2. The zero-order valence-electron chi connectivity index (χ0n) is 11.2. The van der Waals surface area contributed by atoms with Crippen LogP contribution in [-0.2, 0) is 6.42 Å². The molecule has 1 unspecified atom stereocenters. The van der Waals surface area contributed by atoms with Crippen molar-refractivity contribution in [1.29, 1.82) is 0 Å². The molecule has 2 aromatic rings. The van der Waals surface area contributed by atoms with Crippen LogP contribution in [0.5, 0.6) is 0 Å². The van der Waals surface area contributed by atoms with Crippen LogP contribution in [0.2, 0.25) is 0 Å². The third-order valence-electron chi connectivity index (χ3n) is 3.17. The normalized spacial score (nSPS) is 12.2. The van der Waals surface area contributed by atoms with Crippen LogP contribution in [0.1, 0.15) is 22.2 Å². The van der Waals surface area contributed by atoms with Crippen molar-refractivity contribution in [3.63, 3.8) is 0 Å². The number of aromatic carboxylic acids is 1. The number of rotatable bonds is 5. The zero-order chi connectivity index (χ0) is 14.7. The van der Waals surface area contributed by atoms with Crippen molar-refractivity contribution in [1.82, 2.24) is 4.98 Å². The Morgan fingerprint density at radius 3 is 2.90 bits per heavy atom. The van der Waals surface area contributed by atoms with Crippen molar-refractivity contribution < 1.29 is 14.3 Å². The SMILES string of the molecule is CC(Cc1cccs1)N(C)c1nccc(C(=O)O)c1F. The summed E-state index contributed by atoms with van der Waals surface area (Å²) in [7, 11) is 1.72. The van der Waals surface area contributed by atoms with Crippen molar-refractivity contribution in [2.24, 2.45) is 0 Å². The topological polar surface area (TPSA) is 53.4 Å². The number of aromatic nitrogens is 1. The first-order valence-electron chi connectivity index (χ1n) is 6.13. The van der Waals surface area contributed by atoms with Crippen LogP contribution in [0.4, 0.5) is 10.2 Å². The predicted octanol–water partition coefficient (Wildman–Crippen LogP) is 3.05. The van der Waals surface area contributed by atoms with Crippen LogP contribution >= 0.6 is 11.3 Å². The second kappa shape index (κ2) is 6.00. The molecule has 2 heterocycles. The molecule has 4 nitrogen and oxygen atoms in total. The Morgan fingerprint density at radius 1 is 1.55 bits per heavy atom. The molecule has 0 fully saturated rings. The Kier molecular flexibility index (Phi) is 4.34. The fourth-order valence-electron chi connectivity index (χ4n) is 1.91. The maximum Gasteiger partial charge on any atom is 0.338 e. The van der Waals surface area contributed by atoms with Crippen LogP contribution in [0.15, 0.2) is 29.8 Å². The van der Waals surface area contributed by atoms with Gasteiger partial charge in [-0.3, -0.25) is 0 Å². The smallest absolute Gasteiger partial charge is 0.338 e. The number of thiophene rings is 1. The summed E-state index contributed by atoms with van der Waals surface area (Å²) in [6.07, 6.45) is 2.07. The zero-order valence-corrected chi connectivity index (χ0v) is 12.0. The molecule has 106 valence electrons. The van der Waals surface area contributed by atoms with Gasteiger partial charge >= 0.3 is 5.97 Å². The Labute approximate surface area is 120 Å². The Balaban J connectivity index is 2.22. The summed E-state index contributed by atoms with van der Waals surface area (Å²) in [4.78, 5) is 17.8. The molecule has 6 heteroatoms. The van der Waals surface area contributed by atoms with Gasteiger partial charge in [0.2, 0.25) is 0 Å². The molecule has 20 heavy (non-hydrogen) atoms. The van der Waals surface area contributed by atoms with Crippen LogP contribution in [0.25, 0.3) is 0 Å². The highest BCUT2D eigenvalue weighted by Gasteiger charge is 2.21. The number of carboxylic acid groups (broad SMARTS) is 1. The number of hydrogen-bond acceptors (Lipinski definition) is 4. The first-order chi connectivity index (χ1) is 9.50. The Hall–Kier alpha value is -1.95. The van der Waals surface area contributed by atoms with Crippen LogP contribution in [0, 0.1) is 5.82 Å². The highest BCUT2D eigenvalue weighted by molar-refractivity contribution is 7.09. The highest BCUT2D eigenvalue weighted by atomic mass is 32.1. The molecule has 1 atom stereocenters. The van der Waals surface area contributed by atoms with Crippen molar-refractivity contribution in [3.8, 4) is 0 Å². The van der Waals surface area contributed by atoms with Crippen LogP contribution < -0.4 is 4.90 Å². The Morgan fingerprint density at radius 2 is 2.30 bits per heavy atom. The molecule has 0 radical (unpaired) electrons. The molecular weight excluding hydrogens is 279 g/mol. The second-order valence-electron chi connectivity index (χ2n) is 4.54. The van der Waals surface area contributed by atoms with Crippen molar-refractivity contribution >= 4 is 23.1 Å². The van der Waals surface area contributed by atoms with Crippen LogP contribution in [-0.4, -0.2) is 29.1 Å². The molecule has 0 aliphatic carbocycles. The van der Waals surface area contributed by atoms with E-state index >= 15 is 0 Å². The standard InChI is InChI=1S/C14H15FN2O2S/c1-9(8-10-4-3-7-20-10)17(2)13-12(15)11(14(18)19)5-6-16-13/h3-7,9H,8H2,1-2H3,(H,18,19). The summed E-state index contributed by atoms with van der Waals surface area (Å²) < 4.78 is 14.1. The van der Waals surface area contributed by atoms with Gasteiger partial charge in [-0.05, 0) is 24.4 Å². The molecule has 0 amide bonds. The van der Waals surface area contributed by atoms with E-state index in [-0.39, 0.29) is 17.4 Å². The van der Waals surface area contributed by atoms with Crippen molar-refractivity contribution in [3.05, 3.63) is 46.0 Å². The predicted molar refractivity (Wildman–Crippen MR) is 77.0 cm³/mol. The van der Waals surface area contributed by atoms with E-state index in [9.17, 15) is 9.18 Å². The lowest BCUT2D eigenvalue weighted by molar-refractivity contribution is 0.0691. The minimum Gasteiger partial charge on any atom is -0.478 e. The summed E-state index contributed by atoms with van der Waals surface area (Å²) >= 11 is 1.64. The lowest BCUT2D eigenvalue weighted by atomic mass is 10.1. The van der Waals surface area contributed by atoms with E-state index in [4.69, 9.17) is 5.11 Å². The number of hydrogen-bond donors (Lipinski definition) is 1. The van der Waals surface area contributed by atoms with E-state index in [1.54, 1.807) is 23.3 Å². The molecule has 2 aromatic heterocycles. The fourth-order valence-corrected chi connectivity index (χ4v) is 2.74. The summed E-state index contributed by atoms with van der Waals surface area (Å²) in [5.74, 6) is -2.01. The van der Waals surface area contributed by atoms with Crippen molar-refractivity contribution in [2.75, 3.05) is 11.9 Å². The van der Waals surface area contributed by atoms with Gasteiger partial charge in [-0.25, -0.2) is 14.2 Å². The van der Waals surface area contributed by atoms with Gasteiger partial charge in [0.1, 0.15) is 5.56 Å². The molecule has 0 aliphatic heterocycles. The van der Waals surface area contributed by atoms with Crippen molar-refractivity contribution in [2.45, 2.75) is 19.4 Å². The minimum atomic E-state index is -1.29.